The van der Waals surface area contributed by atoms with Gasteiger partial charge < -0.3 is 20.3 Å². The fraction of sp³-hybridized carbons (Fsp3) is 0.333. The van der Waals surface area contributed by atoms with E-state index in [0.29, 0.717) is 37.8 Å². The van der Waals surface area contributed by atoms with Crippen LogP contribution in [0.15, 0.2) is 59.5 Å². The standard InChI is InChI=1S/C21H25N3O2S2/c25-20(24-11-13-26-14-12-24)16-17-6-8-18(9-7-17)23-21(27)22-10-15-28-19-4-2-1-3-5-19/h1-9H,10-16H2,(H2,22,23,27). The number of hydrogen-bond acceptors (Lipinski definition) is 4. The number of nitrogens with one attached hydrogen (secondary N) is 2. The summed E-state index contributed by atoms with van der Waals surface area (Å²) in [5, 5.41) is 7.00. The molecule has 0 aliphatic carbocycles. The van der Waals surface area contributed by atoms with Gasteiger partial charge in [-0.05, 0) is 42.0 Å². The fourth-order valence-electron chi connectivity index (χ4n) is 2.83. The number of benzene rings is 2. The molecule has 2 aromatic carbocycles. The minimum atomic E-state index is 0.150. The van der Waals surface area contributed by atoms with Crippen molar-refractivity contribution in [2.24, 2.45) is 0 Å². The average Bonchev–Trinajstić information content (AvgIpc) is 2.74. The predicted octanol–water partition coefficient (Wildman–Crippen LogP) is 3.17. The highest BCUT2D eigenvalue weighted by Gasteiger charge is 2.16. The van der Waals surface area contributed by atoms with Crippen molar-refractivity contribution in [2.45, 2.75) is 11.3 Å². The molecule has 1 amide bonds. The van der Waals surface area contributed by atoms with E-state index in [-0.39, 0.29) is 5.91 Å². The quantitative estimate of drug-likeness (QED) is 0.412. The molecule has 28 heavy (non-hydrogen) atoms. The monoisotopic (exact) mass is 415 g/mol. The van der Waals surface area contributed by atoms with Crippen LogP contribution in [0.2, 0.25) is 0 Å². The summed E-state index contributed by atoms with van der Waals surface area (Å²) in [6, 6.07) is 18.1. The first-order chi connectivity index (χ1) is 13.7. The minimum absolute atomic E-state index is 0.150. The van der Waals surface area contributed by atoms with Crippen molar-refractivity contribution in [3.8, 4) is 0 Å². The first-order valence-electron chi connectivity index (χ1n) is 9.38. The zero-order chi connectivity index (χ0) is 19.6. The lowest BCUT2D eigenvalue weighted by Crippen LogP contribution is -2.41. The molecule has 3 rings (SSSR count). The Kier molecular flexibility index (Phi) is 8.14. The van der Waals surface area contributed by atoms with E-state index in [9.17, 15) is 4.79 Å². The Morgan fingerprint density at radius 3 is 2.50 bits per heavy atom. The molecule has 1 aliphatic rings. The van der Waals surface area contributed by atoms with Gasteiger partial charge in [-0.3, -0.25) is 4.79 Å². The van der Waals surface area contributed by atoms with Gasteiger partial charge in [0.2, 0.25) is 5.91 Å². The van der Waals surface area contributed by atoms with Crippen LogP contribution in [-0.4, -0.2) is 54.5 Å². The largest absolute Gasteiger partial charge is 0.378 e. The van der Waals surface area contributed by atoms with E-state index in [1.165, 1.54) is 4.90 Å². The highest BCUT2D eigenvalue weighted by atomic mass is 32.2. The molecule has 0 radical (unpaired) electrons. The molecule has 0 bridgehead atoms. The summed E-state index contributed by atoms with van der Waals surface area (Å²) < 4.78 is 5.29. The Bertz CT molecular complexity index is 763. The Morgan fingerprint density at radius 1 is 1.07 bits per heavy atom. The first-order valence-corrected chi connectivity index (χ1v) is 10.8. The van der Waals surface area contributed by atoms with Gasteiger partial charge in [0, 0.05) is 36.0 Å². The highest BCUT2D eigenvalue weighted by Crippen LogP contribution is 2.16. The second kappa shape index (κ2) is 11.0. The van der Waals surface area contributed by atoms with Gasteiger partial charge in [-0.1, -0.05) is 30.3 Å². The normalized spacial score (nSPS) is 13.8. The maximum atomic E-state index is 12.3. The third-order valence-corrected chi connectivity index (χ3v) is 5.59. The molecule has 148 valence electrons. The highest BCUT2D eigenvalue weighted by molar-refractivity contribution is 7.99. The van der Waals surface area contributed by atoms with Crippen molar-refractivity contribution >= 4 is 40.7 Å². The second-order valence-electron chi connectivity index (χ2n) is 6.41. The van der Waals surface area contributed by atoms with Crippen LogP contribution in [0.25, 0.3) is 0 Å². The molecule has 5 nitrogen and oxygen atoms in total. The number of carbonyl (C=O) groups is 1. The van der Waals surface area contributed by atoms with Gasteiger partial charge in [0.15, 0.2) is 5.11 Å². The summed E-state index contributed by atoms with van der Waals surface area (Å²) in [4.78, 5) is 15.4. The molecule has 2 aromatic rings. The molecule has 1 heterocycles. The Labute approximate surface area is 175 Å². The van der Waals surface area contributed by atoms with Crippen molar-refractivity contribution in [1.82, 2.24) is 10.2 Å². The van der Waals surface area contributed by atoms with E-state index in [1.807, 2.05) is 47.4 Å². The molecule has 0 aromatic heterocycles. The van der Waals surface area contributed by atoms with Crippen LogP contribution in [0.5, 0.6) is 0 Å². The van der Waals surface area contributed by atoms with E-state index in [0.717, 1.165) is 23.5 Å². The van der Waals surface area contributed by atoms with Gasteiger partial charge in [-0.15, -0.1) is 11.8 Å². The van der Waals surface area contributed by atoms with Crippen LogP contribution in [0.3, 0.4) is 0 Å². The van der Waals surface area contributed by atoms with Crippen LogP contribution in [0, 0.1) is 0 Å². The topological polar surface area (TPSA) is 53.6 Å². The lowest BCUT2D eigenvalue weighted by atomic mass is 10.1. The number of ether oxygens (including phenoxy) is 1. The number of thioether (sulfide) groups is 1. The number of anilines is 1. The predicted molar refractivity (Wildman–Crippen MR) is 119 cm³/mol. The van der Waals surface area contributed by atoms with Gasteiger partial charge in [0.05, 0.1) is 19.6 Å². The van der Waals surface area contributed by atoms with Gasteiger partial charge in [-0.25, -0.2) is 0 Å². The molecule has 1 aliphatic heterocycles. The van der Waals surface area contributed by atoms with Crippen LogP contribution in [0.1, 0.15) is 5.56 Å². The zero-order valence-corrected chi connectivity index (χ0v) is 17.4. The molecule has 0 spiro atoms. The van der Waals surface area contributed by atoms with Crippen molar-refractivity contribution in [1.29, 1.82) is 0 Å². The lowest BCUT2D eigenvalue weighted by molar-refractivity contribution is -0.134. The van der Waals surface area contributed by atoms with E-state index in [2.05, 4.69) is 22.8 Å². The van der Waals surface area contributed by atoms with Gasteiger partial charge in [0.1, 0.15) is 0 Å². The lowest BCUT2D eigenvalue weighted by Gasteiger charge is -2.26. The SMILES string of the molecule is O=C(Cc1ccc(NC(=S)NCCSc2ccccc2)cc1)N1CCOCC1. The van der Waals surface area contributed by atoms with Crippen LogP contribution >= 0.6 is 24.0 Å². The van der Waals surface area contributed by atoms with Gasteiger partial charge >= 0.3 is 0 Å². The Balaban J connectivity index is 1.37. The van der Waals surface area contributed by atoms with Crippen LogP contribution < -0.4 is 10.6 Å². The molecule has 1 fully saturated rings. The summed E-state index contributed by atoms with van der Waals surface area (Å²) in [6.07, 6.45) is 0.416. The number of carbonyl (C=O) groups excluding carboxylic acids is 1. The second-order valence-corrected chi connectivity index (χ2v) is 7.99. The Morgan fingerprint density at radius 2 is 1.79 bits per heavy atom. The summed E-state index contributed by atoms with van der Waals surface area (Å²) in [5.74, 6) is 1.09. The maximum Gasteiger partial charge on any atom is 0.227 e. The van der Waals surface area contributed by atoms with E-state index in [4.69, 9.17) is 17.0 Å². The number of nitrogens with zero attached hydrogens (tertiary/aromatic N) is 1. The third-order valence-electron chi connectivity index (χ3n) is 4.33. The smallest absolute Gasteiger partial charge is 0.227 e. The first kappa shape index (κ1) is 20.6. The molecule has 2 N–H and O–H groups in total. The molecule has 0 unspecified atom stereocenters. The average molecular weight is 416 g/mol. The van der Waals surface area contributed by atoms with Crippen LogP contribution in [0.4, 0.5) is 5.69 Å². The van der Waals surface area contributed by atoms with E-state index in [1.54, 1.807) is 11.8 Å². The molecular weight excluding hydrogens is 390 g/mol. The number of thiocarbonyl (C=S) groups is 1. The summed E-state index contributed by atoms with van der Waals surface area (Å²) in [7, 11) is 0. The Hall–Kier alpha value is -2.09. The molecule has 7 heteroatoms. The van der Waals surface area contributed by atoms with Crippen LogP contribution in [-0.2, 0) is 16.0 Å². The molecular formula is C21H25N3O2S2. The molecule has 0 atom stereocenters. The molecule has 0 saturated carbocycles. The summed E-state index contributed by atoms with van der Waals surface area (Å²) in [6.45, 7) is 3.41. The number of hydrogen-bond donors (Lipinski definition) is 2. The van der Waals surface area contributed by atoms with Crippen molar-refractivity contribution in [3.63, 3.8) is 0 Å². The van der Waals surface area contributed by atoms with Crippen molar-refractivity contribution in [2.75, 3.05) is 43.9 Å². The van der Waals surface area contributed by atoms with E-state index >= 15 is 0 Å². The summed E-state index contributed by atoms with van der Waals surface area (Å²) >= 11 is 7.14. The van der Waals surface area contributed by atoms with Crippen molar-refractivity contribution in [3.05, 3.63) is 60.2 Å². The molecule has 1 saturated heterocycles. The minimum Gasteiger partial charge on any atom is -0.378 e. The van der Waals surface area contributed by atoms with Crippen molar-refractivity contribution < 1.29 is 9.53 Å². The summed E-state index contributed by atoms with van der Waals surface area (Å²) in [5.41, 5.74) is 1.91. The maximum absolute atomic E-state index is 12.3. The number of rotatable bonds is 7. The van der Waals surface area contributed by atoms with Gasteiger partial charge in [0.25, 0.3) is 0 Å². The fourth-order valence-corrected chi connectivity index (χ4v) is 3.84. The third kappa shape index (κ3) is 6.82. The van der Waals surface area contributed by atoms with E-state index < -0.39 is 0 Å². The number of amides is 1. The zero-order valence-electron chi connectivity index (χ0n) is 15.7. The number of morpholine rings is 1. The van der Waals surface area contributed by atoms with Gasteiger partial charge in [-0.2, -0.15) is 0 Å².